The van der Waals surface area contributed by atoms with E-state index < -0.39 is 0 Å². The van der Waals surface area contributed by atoms with Crippen molar-refractivity contribution in [2.45, 2.75) is 34.6 Å². The van der Waals surface area contributed by atoms with Gasteiger partial charge in [-0.3, -0.25) is 0 Å². The summed E-state index contributed by atoms with van der Waals surface area (Å²) in [4.78, 5) is 2.06. The van der Waals surface area contributed by atoms with Crippen LogP contribution < -0.4 is 9.64 Å². The minimum atomic E-state index is 0.0558. The van der Waals surface area contributed by atoms with Crippen LogP contribution in [0.25, 0.3) is 0 Å². The van der Waals surface area contributed by atoms with Gasteiger partial charge in [0.15, 0.2) is 17.2 Å². The molecule has 174 valence electrons. The van der Waals surface area contributed by atoms with Crippen molar-refractivity contribution in [2.24, 2.45) is 0 Å². The number of rotatable bonds is 5. The maximum absolute atomic E-state index is 10.4. The third-order valence-corrected chi connectivity index (χ3v) is 6.38. The Hall–Kier alpha value is -4.12. The lowest BCUT2D eigenvalue weighted by molar-refractivity contribution is 0.411. The summed E-state index contributed by atoms with van der Waals surface area (Å²) in [5, 5.41) is 31.0. The average molecular weight is 456 g/mol. The molecular formula is C29H29NO4. The second-order valence-electron chi connectivity index (χ2n) is 8.58. The number of aryl methyl sites for hydroxylation is 1. The molecular weight excluding hydrogens is 426 g/mol. The number of benzene rings is 4. The van der Waals surface area contributed by atoms with Crippen molar-refractivity contribution >= 4 is 17.1 Å². The first-order valence-corrected chi connectivity index (χ1v) is 11.1. The highest BCUT2D eigenvalue weighted by molar-refractivity contribution is 5.85. The molecule has 0 fully saturated rings. The molecule has 0 aliphatic rings. The van der Waals surface area contributed by atoms with Gasteiger partial charge in [-0.05, 0) is 111 Å². The maximum atomic E-state index is 10.4. The van der Waals surface area contributed by atoms with Crippen molar-refractivity contribution in [3.05, 3.63) is 94.5 Å². The highest BCUT2D eigenvalue weighted by Gasteiger charge is 2.23. The van der Waals surface area contributed by atoms with Gasteiger partial charge in [-0.25, -0.2) is 0 Å². The minimum absolute atomic E-state index is 0.0558. The first kappa shape index (κ1) is 23.1. The van der Waals surface area contributed by atoms with E-state index in [9.17, 15) is 15.3 Å². The zero-order valence-corrected chi connectivity index (χ0v) is 20.0. The van der Waals surface area contributed by atoms with Gasteiger partial charge in [0.05, 0.1) is 5.69 Å². The minimum Gasteiger partial charge on any atom is -0.508 e. The predicted molar refractivity (Wildman–Crippen MR) is 136 cm³/mol. The number of aromatic hydroxyl groups is 3. The lowest BCUT2D eigenvalue weighted by Gasteiger charge is -2.31. The Bertz CT molecular complexity index is 1320. The SMILES string of the molecule is Cc1ccc(O)c(Oc2ccccc2N(c2ccc(O)c(C)c2C)c2ccc(O)c(C)c2C)c1. The Morgan fingerprint density at radius 3 is 1.65 bits per heavy atom. The van der Waals surface area contributed by atoms with Crippen LogP contribution in [0.5, 0.6) is 28.7 Å². The Balaban J connectivity index is 1.97. The van der Waals surface area contributed by atoms with E-state index in [-0.39, 0.29) is 17.2 Å². The molecule has 5 nitrogen and oxygen atoms in total. The second kappa shape index (κ2) is 9.02. The number of nitrogens with zero attached hydrogens (tertiary/aromatic N) is 1. The van der Waals surface area contributed by atoms with Gasteiger partial charge < -0.3 is 25.0 Å². The van der Waals surface area contributed by atoms with Crippen LogP contribution in [-0.2, 0) is 0 Å². The molecule has 0 radical (unpaired) electrons. The first-order valence-electron chi connectivity index (χ1n) is 11.1. The summed E-state index contributed by atoms with van der Waals surface area (Å²) in [5.41, 5.74) is 6.86. The monoisotopic (exact) mass is 455 g/mol. The Kier molecular flexibility index (Phi) is 6.12. The van der Waals surface area contributed by atoms with Crippen LogP contribution in [0.2, 0.25) is 0 Å². The predicted octanol–water partition coefficient (Wildman–Crippen LogP) is 7.61. The van der Waals surface area contributed by atoms with Crippen LogP contribution in [-0.4, -0.2) is 15.3 Å². The molecule has 0 saturated carbocycles. The van der Waals surface area contributed by atoms with Crippen LogP contribution in [0.1, 0.15) is 27.8 Å². The molecule has 0 aliphatic heterocycles. The van der Waals surface area contributed by atoms with Crippen molar-refractivity contribution in [3.8, 4) is 28.7 Å². The summed E-state index contributed by atoms with van der Waals surface area (Å²) in [6, 6.07) is 20.0. The van der Waals surface area contributed by atoms with Gasteiger partial charge in [0, 0.05) is 11.4 Å². The number of hydrogen-bond donors (Lipinski definition) is 3. The molecule has 0 amide bonds. The van der Waals surface area contributed by atoms with E-state index in [4.69, 9.17) is 4.74 Å². The summed E-state index contributed by atoms with van der Waals surface area (Å²) >= 11 is 0. The van der Waals surface area contributed by atoms with Crippen LogP contribution in [0.3, 0.4) is 0 Å². The van der Waals surface area contributed by atoms with E-state index in [1.165, 1.54) is 0 Å². The lowest BCUT2D eigenvalue weighted by atomic mass is 10.0. The van der Waals surface area contributed by atoms with Gasteiger partial charge in [-0.15, -0.1) is 0 Å². The number of phenolic OH excluding ortho intramolecular Hbond substituents is 3. The number of anilines is 3. The van der Waals surface area contributed by atoms with Crippen molar-refractivity contribution in [1.82, 2.24) is 0 Å². The summed E-state index contributed by atoms with van der Waals surface area (Å²) in [7, 11) is 0. The van der Waals surface area contributed by atoms with E-state index in [0.29, 0.717) is 11.5 Å². The van der Waals surface area contributed by atoms with Crippen LogP contribution in [0.4, 0.5) is 17.1 Å². The molecule has 0 aromatic heterocycles. The molecule has 0 heterocycles. The molecule has 4 rings (SSSR count). The summed E-state index contributed by atoms with van der Waals surface area (Å²) in [5.74, 6) is 1.44. The molecule has 4 aromatic rings. The topological polar surface area (TPSA) is 73.2 Å². The van der Waals surface area contributed by atoms with E-state index in [2.05, 4.69) is 4.90 Å². The molecule has 0 bridgehead atoms. The van der Waals surface area contributed by atoms with Gasteiger partial charge in [0.2, 0.25) is 0 Å². The quantitative estimate of drug-likeness (QED) is 0.289. The Morgan fingerprint density at radius 1 is 0.529 bits per heavy atom. The van der Waals surface area contributed by atoms with E-state index >= 15 is 0 Å². The highest BCUT2D eigenvalue weighted by atomic mass is 16.5. The van der Waals surface area contributed by atoms with Gasteiger partial charge in [0.25, 0.3) is 0 Å². The fraction of sp³-hybridized carbons (Fsp3) is 0.172. The molecule has 5 heteroatoms. The number of ether oxygens (including phenoxy) is 1. The van der Waals surface area contributed by atoms with Gasteiger partial charge in [-0.2, -0.15) is 0 Å². The van der Waals surface area contributed by atoms with Crippen molar-refractivity contribution in [3.63, 3.8) is 0 Å². The number of phenols is 3. The standard InChI is InChI=1S/C29H29NO4/c1-17-10-13-27(33)29(16-17)34-28-9-7-6-8-24(28)30(22-11-14-25(31)20(4)18(22)2)23-12-15-26(32)21(5)19(23)3/h6-16,31-33H,1-5H3. The normalized spacial score (nSPS) is 10.9. The van der Waals surface area contributed by atoms with Crippen molar-refractivity contribution in [2.75, 3.05) is 4.90 Å². The maximum Gasteiger partial charge on any atom is 0.169 e. The molecule has 34 heavy (non-hydrogen) atoms. The van der Waals surface area contributed by atoms with Crippen molar-refractivity contribution in [1.29, 1.82) is 0 Å². The van der Waals surface area contributed by atoms with Gasteiger partial charge in [-0.1, -0.05) is 18.2 Å². The molecule has 0 unspecified atom stereocenters. The third-order valence-electron chi connectivity index (χ3n) is 6.38. The molecule has 3 N–H and O–H groups in total. The zero-order chi connectivity index (χ0) is 24.6. The van der Waals surface area contributed by atoms with Gasteiger partial charge >= 0.3 is 0 Å². The van der Waals surface area contributed by atoms with E-state index in [0.717, 1.165) is 44.9 Å². The number of hydrogen-bond acceptors (Lipinski definition) is 5. The van der Waals surface area contributed by atoms with Crippen LogP contribution in [0, 0.1) is 34.6 Å². The first-order chi connectivity index (χ1) is 16.2. The van der Waals surface area contributed by atoms with E-state index in [1.54, 1.807) is 24.3 Å². The highest BCUT2D eigenvalue weighted by Crippen LogP contribution is 2.47. The third kappa shape index (κ3) is 4.13. The van der Waals surface area contributed by atoms with Crippen LogP contribution >= 0.6 is 0 Å². The second-order valence-corrected chi connectivity index (χ2v) is 8.58. The van der Waals surface area contributed by atoms with E-state index in [1.807, 2.05) is 77.1 Å². The van der Waals surface area contributed by atoms with Gasteiger partial charge in [0.1, 0.15) is 11.5 Å². The fourth-order valence-electron chi connectivity index (χ4n) is 4.01. The molecule has 0 aliphatic carbocycles. The molecule has 4 aromatic carbocycles. The average Bonchev–Trinajstić information content (AvgIpc) is 2.82. The summed E-state index contributed by atoms with van der Waals surface area (Å²) < 4.78 is 6.24. The zero-order valence-electron chi connectivity index (χ0n) is 20.0. The number of para-hydroxylation sites is 2. The summed E-state index contributed by atoms with van der Waals surface area (Å²) in [6.07, 6.45) is 0. The Morgan fingerprint density at radius 2 is 1.06 bits per heavy atom. The Labute approximate surface area is 200 Å². The largest absolute Gasteiger partial charge is 0.508 e. The molecule has 0 spiro atoms. The van der Waals surface area contributed by atoms with Crippen molar-refractivity contribution < 1.29 is 20.1 Å². The summed E-state index contributed by atoms with van der Waals surface area (Å²) in [6.45, 7) is 9.64. The lowest BCUT2D eigenvalue weighted by Crippen LogP contribution is -2.14. The smallest absolute Gasteiger partial charge is 0.169 e. The molecule has 0 saturated heterocycles. The fourth-order valence-corrected chi connectivity index (χ4v) is 4.01. The van der Waals surface area contributed by atoms with Crippen LogP contribution in [0.15, 0.2) is 66.7 Å². The molecule has 0 atom stereocenters.